The SMILES string of the molecule is COc1cc(N2CCC(=O)NC2=O)ccc1N1CCC(CN2CCN(c3ccc(-c4cnc5[nH]nc(-c6ccc([C@@H](C)NC(=O)c7noc(C(C)(C)C)n7)c(C)c6)c5c4)cc3)CC2)CC1. The molecule has 3 aliphatic rings. The molecule has 4 amide bonds. The highest BCUT2D eigenvalue weighted by molar-refractivity contribution is 6.05. The van der Waals surface area contributed by atoms with Gasteiger partial charge in [-0.25, -0.2) is 9.78 Å². The van der Waals surface area contributed by atoms with Crippen LogP contribution in [-0.2, 0) is 10.2 Å². The lowest BCUT2D eigenvalue weighted by atomic mass is 9.95. The molecule has 16 heteroatoms. The molecular weight excluding hydrogens is 823 g/mol. The van der Waals surface area contributed by atoms with Crippen molar-refractivity contribution in [1.29, 1.82) is 0 Å². The number of fused-ring (bicyclic) bond motifs is 1. The average Bonchev–Trinajstić information content (AvgIpc) is 3.99. The first-order chi connectivity index (χ1) is 31.3. The van der Waals surface area contributed by atoms with Crippen LogP contribution in [0.3, 0.4) is 0 Å². The summed E-state index contributed by atoms with van der Waals surface area (Å²) >= 11 is 0. The van der Waals surface area contributed by atoms with Crippen LogP contribution >= 0.6 is 0 Å². The molecule has 0 aliphatic carbocycles. The first kappa shape index (κ1) is 43.4. The summed E-state index contributed by atoms with van der Waals surface area (Å²) in [5.41, 5.74) is 9.24. The maximum atomic E-state index is 13.0. The summed E-state index contributed by atoms with van der Waals surface area (Å²) < 4.78 is 11.1. The predicted octanol–water partition coefficient (Wildman–Crippen LogP) is 7.27. The van der Waals surface area contributed by atoms with Crippen molar-refractivity contribution in [3.8, 4) is 28.1 Å². The number of benzene rings is 3. The zero-order chi connectivity index (χ0) is 45.4. The summed E-state index contributed by atoms with van der Waals surface area (Å²) in [5.74, 6) is 1.18. The summed E-state index contributed by atoms with van der Waals surface area (Å²) in [7, 11) is 1.66. The van der Waals surface area contributed by atoms with E-state index in [0.717, 1.165) is 120 Å². The van der Waals surface area contributed by atoms with Crippen LogP contribution in [0.2, 0.25) is 0 Å². The molecule has 0 bridgehead atoms. The van der Waals surface area contributed by atoms with Crippen molar-refractivity contribution in [2.75, 3.05) is 74.2 Å². The highest BCUT2D eigenvalue weighted by atomic mass is 16.5. The van der Waals surface area contributed by atoms with E-state index in [1.807, 2.05) is 71.1 Å². The van der Waals surface area contributed by atoms with Gasteiger partial charge < -0.3 is 24.4 Å². The van der Waals surface area contributed by atoms with Crippen LogP contribution in [0.1, 0.15) is 80.6 Å². The number of aromatic nitrogens is 5. The first-order valence-corrected chi connectivity index (χ1v) is 22.5. The minimum Gasteiger partial charge on any atom is -0.495 e. The Morgan fingerprint density at radius 1 is 0.892 bits per heavy atom. The molecule has 3 aromatic heterocycles. The van der Waals surface area contributed by atoms with Crippen LogP contribution in [0.5, 0.6) is 5.75 Å². The third-order valence-corrected chi connectivity index (χ3v) is 13.0. The van der Waals surface area contributed by atoms with Crippen LogP contribution in [0.25, 0.3) is 33.4 Å². The van der Waals surface area contributed by atoms with E-state index in [1.54, 1.807) is 12.0 Å². The van der Waals surface area contributed by atoms with Gasteiger partial charge in [-0.2, -0.15) is 10.1 Å². The van der Waals surface area contributed by atoms with Gasteiger partial charge in [0.25, 0.3) is 11.7 Å². The van der Waals surface area contributed by atoms with Gasteiger partial charge in [-0.3, -0.25) is 29.8 Å². The van der Waals surface area contributed by atoms with Crippen molar-refractivity contribution in [2.45, 2.75) is 65.3 Å². The smallest absolute Gasteiger partial charge is 0.328 e. The molecule has 16 nitrogen and oxygen atoms in total. The van der Waals surface area contributed by atoms with Gasteiger partial charge in [0.1, 0.15) is 11.4 Å². The maximum Gasteiger partial charge on any atom is 0.328 e. The largest absolute Gasteiger partial charge is 0.495 e. The van der Waals surface area contributed by atoms with Gasteiger partial charge in [0.15, 0.2) is 5.65 Å². The number of hydrogen-bond acceptors (Lipinski definition) is 12. The van der Waals surface area contributed by atoms with Crippen LogP contribution < -0.4 is 30.1 Å². The molecule has 3 fully saturated rings. The van der Waals surface area contributed by atoms with Crippen molar-refractivity contribution in [1.82, 2.24) is 40.9 Å². The van der Waals surface area contributed by atoms with Gasteiger partial charge in [-0.15, -0.1) is 0 Å². The molecule has 6 heterocycles. The fourth-order valence-electron chi connectivity index (χ4n) is 9.23. The Hall–Kier alpha value is -6.81. The van der Waals surface area contributed by atoms with Crippen molar-refractivity contribution < 1.29 is 23.6 Å². The number of anilines is 3. The zero-order valence-electron chi connectivity index (χ0n) is 38.0. The maximum absolute atomic E-state index is 13.0. The second-order valence-electron chi connectivity index (χ2n) is 18.5. The lowest BCUT2D eigenvalue weighted by Crippen LogP contribution is -2.49. The Morgan fingerprint density at radius 3 is 2.32 bits per heavy atom. The number of pyridine rings is 1. The number of aryl methyl sites for hydroxylation is 1. The topological polar surface area (TPSA) is 178 Å². The van der Waals surface area contributed by atoms with Crippen LogP contribution in [0.4, 0.5) is 21.9 Å². The number of amides is 4. The number of aromatic amines is 1. The number of piperidine rings is 1. The lowest BCUT2D eigenvalue weighted by Gasteiger charge is -2.40. The molecule has 6 aromatic rings. The van der Waals surface area contributed by atoms with Crippen molar-refractivity contribution in [3.05, 3.63) is 95.8 Å². The van der Waals surface area contributed by atoms with Crippen molar-refractivity contribution in [3.63, 3.8) is 0 Å². The number of nitrogens with one attached hydrogen (secondary N) is 3. The average molecular weight is 880 g/mol. The van der Waals surface area contributed by atoms with E-state index in [2.05, 4.69) is 82.1 Å². The Labute approximate surface area is 378 Å². The Morgan fingerprint density at radius 2 is 1.63 bits per heavy atom. The number of carbonyl (C=O) groups excluding carboxylic acids is 3. The Balaban J connectivity index is 0.774. The summed E-state index contributed by atoms with van der Waals surface area (Å²) in [6.45, 7) is 17.2. The molecule has 338 valence electrons. The number of urea groups is 1. The molecule has 3 aromatic carbocycles. The van der Waals surface area contributed by atoms with Gasteiger partial charge in [0.05, 0.1) is 18.8 Å². The number of nitrogens with zero attached hydrogens (tertiary/aromatic N) is 8. The second-order valence-corrected chi connectivity index (χ2v) is 18.5. The number of imide groups is 1. The first-order valence-electron chi connectivity index (χ1n) is 22.5. The molecule has 3 N–H and O–H groups in total. The molecule has 65 heavy (non-hydrogen) atoms. The molecule has 0 radical (unpaired) electrons. The second kappa shape index (κ2) is 18.0. The molecular formula is C49H57N11O5. The molecule has 3 aliphatic heterocycles. The molecule has 0 unspecified atom stereocenters. The van der Waals surface area contributed by atoms with E-state index in [9.17, 15) is 14.4 Å². The molecule has 0 spiro atoms. The standard InChI is InChI=1S/C49H57N11O5/c1-30-25-34(9-13-38(30)31(2)51-46(62)45-53-47(65-56-45)49(3,4)5)43-39-26-35(28-50-44(39)55-54-43)33-7-10-36(11-8-33)58-23-21-57(22-24-58)29-32-15-18-59(19-16-32)40-14-12-37(27-41(40)64-6)60-20-17-42(61)52-48(60)63/h7-14,25-28,31-32H,15-24,29H2,1-6H3,(H,51,62)(H,50,54,55)(H,52,61,63)/t31-/m1/s1. The van der Waals surface area contributed by atoms with E-state index >= 15 is 0 Å². The summed E-state index contributed by atoms with van der Waals surface area (Å²) in [6, 6.07) is 22.3. The Bertz CT molecular complexity index is 2710. The monoisotopic (exact) mass is 879 g/mol. The van der Waals surface area contributed by atoms with Crippen LogP contribution in [0, 0.1) is 12.8 Å². The minimum absolute atomic E-state index is 0.0214. The lowest BCUT2D eigenvalue weighted by molar-refractivity contribution is -0.120. The van der Waals surface area contributed by atoms with Crippen LogP contribution in [0.15, 0.2) is 77.4 Å². The summed E-state index contributed by atoms with van der Waals surface area (Å²) in [5, 5.41) is 18.0. The third-order valence-electron chi connectivity index (χ3n) is 13.0. The number of carbonyl (C=O) groups is 3. The zero-order valence-corrected chi connectivity index (χ0v) is 38.0. The summed E-state index contributed by atoms with van der Waals surface area (Å²) in [6.07, 6.45) is 4.40. The molecule has 1 atom stereocenters. The number of H-pyrrole nitrogens is 1. The predicted molar refractivity (Wildman–Crippen MR) is 250 cm³/mol. The highest BCUT2D eigenvalue weighted by Gasteiger charge is 2.29. The number of hydrogen-bond donors (Lipinski definition) is 3. The fraction of sp³-hybridized carbons (Fsp3) is 0.408. The van der Waals surface area contributed by atoms with E-state index in [-0.39, 0.29) is 35.5 Å². The van der Waals surface area contributed by atoms with Crippen LogP contribution in [-0.4, -0.2) is 108 Å². The number of ether oxygens (including phenoxy) is 1. The fourth-order valence-corrected chi connectivity index (χ4v) is 9.23. The number of methoxy groups -OCH3 is 1. The summed E-state index contributed by atoms with van der Waals surface area (Å²) in [4.78, 5) is 55.1. The normalized spacial score (nSPS) is 17.1. The van der Waals surface area contributed by atoms with Gasteiger partial charge in [-0.1, -0.05) is 50.2 Å². The van der Waals surface area contributed by atoms with Gasteiger partial charge in [0, 0.05) is 104 Å². The van der Waals surface area contributed by atoms with E-state index in [1.165, 1.54) is 5.69 Å². The number of piperazine rings is 1. The molecule has 9 rings (SSSR count). The van der Waals surface area contributed by atoms with Crippen molar-refractivity contribution >= 4 is 45.9 Å². The minimum atomic E-state index is -0.394. The van der Waals surface area contributed by atoms with Gasteiger partial charge in [0.2, 0.25) is 11.8 Å². The van der Waals surface area contributed by atoms with Gasteiger partial charge in [-0.05, 0) is 85.7 Å². The highest BCUT2D eigenvalue weighted by Crippen LogP contribution is 2.37. The van der Waals surface area contributed by atoms with E-state index in [4.69, 9.17) is 14.2 Å². The van der Waals surface area contributed by atoms with Gasteiger partial charge >= 0.3 is 6.03 Å². The molecule has 0 saturated carbocycles. The van der Waals surface area contributed by atoms with Crippen molar-refractivity contribution in [2.24, 2.45) is 5.92 Å². The quantitative estimate of drug-likeness (QED) is 0.119. The third kappa shape index (κ3) is 9.26. The Kier molecular flexibility index (Phi) is 12.0. The molecule has 3 saturated heterocycles. The van der Waals surface area contributed by atoms with E-state index < -0.39 is 6.03 Å². The number of rotatable bonds is 11. The van der Waals surface area contributed by atoms with E-state index in [0.29, 0.717) is 18.4 Å².